The molecule has 0 fully saturated rings. The van der Waals surface area contributed by atoms with Crippen molar-refractivity contribution in [2.75, 3.05) is 5.32 Å². The Morgan fingerprint density at radius 2 is 1.83 bits per heavy atom. The fraction of sp³-hybridized carbons (Fsp3) is 0.286. The van der Waals surface area contributed by atoms with E-state index in [0.29, 0.717) is 22.7 Å². The lowest BCUT2D eigenvalue weighted by molar-refractivity contribution is 0.102. The first-order valence-corrected chi connectivity index (χ1v) is 9.34. The minimum atomic E-state index is -0.506. The van der Waals surface area contributed by atoms with Crippen molar-refractivity contribution in [3.8, 4) is 0 Å². The van der Waals surface area contributed by atoms with Crippen molar-refractivity contribution in [2.24, 2.45) is 14.1 Å². The molecule has 0 saturated carbocycles. The summed E-state index contributed by atoms with van der Waals surface area (Å²) in [6.45, 7) is 6.02. The second-order valence-corrected chi connectivity index (χ2v) is 8.21. The summed E-state index contributed by atoms with van der Waals surface area (Å²) in [5.41, 5.74) is 1.02. The minimum absolute atomic E-state index is 0.189. The van der Waals surface area contributed by atoms with Crippen LogP contribution in [0.5, 0.6) is 0 Å². The standard InChI is InChI=1S/C21H21N5O4/c1-21(2,3)19-24-14-9-12(6-7-15(14)30-19)23-17(27)11-8-13-16(22-10-11)25(4)20(29)26(5)18(13)28/h6-10H,1-5H3,(H,23,27). The van der Waals surface area contributed by atoms with Gasteiger partial charge in [0.1, 0.15) is 11.2 Å². The fourth-order valence-corrected chi connectivity index (χ4v) is 3.12. The molecule has 1 N–H and O–H groups in total. The SMILES string of the molecule is Cn1c(=O)c2cc(C(=O)Nc3ccc4oc(C(C)(C)C)nc4c3)cnc2n(C)c1=O. The molecule has 30 heavy (non-hydrogen) atoms. The first-order valence-electron chi connectivity index (χ1n) is 9.34. The Labute approximate surface area is 171 Å². The van der Waals surface area contributed by atoms with E-state index in [0.717, 1.165) is 4.57 Å². The number of aryl methyl sites for hydroxylation is 1. The van der Waals surface area contributed by atoms with Crippen LogP contribution in [0.3, 0.4) is 0 Å². The van der Waals surface area contributed by atoms with E-state index in [9.17, 15) is 14.4 Å². The molecular weight excluding hydrogens is 386 g/mol. The van der Waals surface area contributed by atoms with Gasteiger partial charge in [0.2, 0.25) is 5.89 Å². The number of carbonyl (C=O) groups is 1. The number of hydrogen-bond acceptors (Lipinski definition) is 6. The number of benzene rings is 1. The molecule has 0 aliphatic heterocycles. The quantitative estimate of drug-likeness (QED) is 0.546. The largest absolute Gasteiger partial charge is 0.440 e. The van der Waals surface area contributed by atoms with Crippen LogP contribution in [0, 0.1) is 0 Å². The van der Waals surface area contributed by atoms with E-state index in [4.69, 9.17) is 4.42 Å². The first-order chi connectivity index (χ1) is 14.1. The summed E-state index contributed by atoms with van der Waals surface area (Å²) >= 11 is 0. The molecule has 1 amide bonds. The van der Waals surface area contributed by atoms with Crippen LogP contribution in [0.15, 0.2) is 44.5 Å². The zero-order valence-corrected chi connectivity index (χ0v) is 17.3. The van der Waals surface area contributed by atoms with Gasteiger partial charge in [-0.2, -0.15) is 0 Å². The number of amides is 1. The average molecular weight is 407 g/mol. The number of oxazole rings is 1. The molecule has 0 unspecified atom stereocenters. The zero-order chi connectivity index (χ0) is 21.8. The number of aromatic nitrogens is 4. The molecule has 0 bridgehead atoms. The number of rotatable bonds is 2. The Bertz CT molecular complexity index is 1440. The highest BCUT2D eigenvalue weighted by Crippen LogP contribution is 2.27. The highest BCUT2D eigenvalue weighted by atomic mass is 16.3. The maximum absolute atomic E-state index is 12.7. The topological polar surface area (TPSA) is 112 Å². The zero-order valence-electron chi connectivity index (χ0n) is 17.3. The van der Waals surface area contributed by atoms with Gasteiger partial charge in [-0.05, 0) is 24.3 Å². The van der Waals surface area contributed by atoms with Gasteiger partial charge in [0.05, 0.1) is 10.9 Å². The third-order valence-corrected chi connectivity index (χ3v) is 4.84. The van der Waals surface area contributed by atoms with Crippen molar-refractivity contribution in [1.82, 2.24) is 19.1 Å². The molecule has 0 radical (unpaired) electrons. The van der Waals surface area contributed by atoms with Crippen molar-refractivity contribution in [1.29, 1.82) is 0 Å². The summed E-state index contributed by atoms with van der Waals surface area (Å²) in [7, 11) is 2.91. The highest BCUT2D eigenvalue weighted by Gasteiger charge is 2.21. The molecule has 0 aliphatic carbocycles. The molecule has 9 heteroatoms. The summed E-state index contributed by atoms with van der Waals surface area (Å²) in [5, 5.41) is 2.97. The minimum Gasteiger partial charge on any atom is -0.440 e. The van der Waals surface area contributed by atoms with Gasteiger partial charge in [0.15, 0.2) is 5.58 Å². The number of fused-ring (bicyclic) bond motifs is 2. The van der Waals surface area contributed by atoms with Crippen LogP contribution < -0.4 is 16.6 Å². The summed E-state index contributed by atoms with van der Waals surface area (Å²) in [5.74, 6) is 0.181. The molecule has 3 heterocycles. The summed E-state index contributed by atoms with van der Waals surface area (Å²) < 4.78 is 8.02. The Hall–Kier alpha value is -3.75. The molecule has 0 spiro atoms. The molecule has 1 aromatic carbocycles. The van der Waals surface area contributed by atoms with Crippen molar-refractivity contribution in [3.05, 3.63) is 62.8 Å². The van der Waals surface area contributed by atoms with Gasteiger partial charge in [-0.1, -0.05) is 20.8 Å². The van der Waals surface area contributed by atoms with E-state index in [1.807, 2.05) is 20.8 Å². The fourth-order valence-electron chi connectivity index (χ4n) is 3.12. The van der Waals surface area contributed by atoms with Crippen LogP contribution in [0.4, 0.5) is 5.69 Å². The Balaban J connectivity index is 1.69. The van der Waals surface area contributed by atoms with E-state index >= 15 is 0 Å². The summed E-state index contributed by atoms with van der Waals surface area (Å²) in [6, 6.07) is 6.63. The molecule has 3 aromatic heterocycles. The van der Waals surface area contributed by atoms with Crippen molar-refractivity contribution < 1.29 is 9.21 Å². The van der Waals surface area contributed by atoms with Crippen LogP contribution in [-0.2, 0) is 19.5 Å². The van der Waals surface area contributed by atoms with Crippen LogP contribution in [-0.4, -0.2) is 25.0 Å². The number of anilines is 1. The Kier molecular flexibility index (Phi) is 4.34. The Morgan fingerprint density at radius 3 is 2.53 bits per heavy atom. The molecule has 154 valence electrons. The van der Waals surface area contributed by atoms with E-state index < -0.39 is 17.2 Å². The number of pyridine rings is 1. The number of nitrogens with zero attached hydrogens (tertiary/aromatic N) is 4. The summed E-state index contributed by atoms with van der Waals surface area (Å²) in [4.78, 5) is 45.8. The van der Waals surface area contributed by atoms with Crippen molar-refractivity contribution >= 4 is 33.7 Å². The lowest BCUT2D eigenvalue weighted by atomic mass is 9.97. The van der Waals surface area contributed by atoms with Crippen LogP contribution in [0.1, 0.15) is 37.0 Å². The van der Waals surface area contributed by atoms with Gasteiger partial charge in [-0.3, -0.25) is 18.7 Å². The van der Waals surface area contributed by atoms with E-state index in [1.54, 1.807) is 18.2 Å². The lowest BCUT2D eigenvalue weighted by Gasteiger charge is -2.11. The molecule has 4 aromatic rings. The van der Waals surface area contributed by atoms with Crippen LogP contribution in [0.25, 0.3) is 22.1 Å². The number of hydrogen-bond donors (Lipinski definition) is 1. The molecule has 0 saturated heterocycles. The maximum Gasteiger partial charge on any atom is 0.332 e. The number of nitrogens with one attached hydrogen (secondary N) is 1. The summed E-state index contributed by atoms with van der Waals surface area (Å²) in [6.07, 6.45) is 1.34. The monoisotopic (exact) mass is 407 g/mol. The van der Waals surface area contributed by atoms with E-state index in [2.05, 4.69) is 15.3 Å². The first kappa shape index (κ1) is 19.6. The maximum atomic E-state index is 12.7. The third kappa shape index (κ3) is 3.18. The Morgan fingerprint density at radius 1 is 1.10 bits per heavy atom. The van der Waals surface area contributed by atoms with Crippen molar-refractivity contribution in [3.63, 3.8) is 0 Å². The predicted molar refractivity (Wildman–Crippen MR) is 113 cm³/mol. The van der Waals surface area contributed by atoms with Gasteiger partial charge in [0.25, 0.3) is 11.5 Å². The van der Waals surface area contributed by atoms with E-state index in [-0.39, 0.29) is 22.0 Å². The van der Waals surface area contributed by atoms with Crippen LogP contribution in [0.2, 0.25) is 0 Å². The normalized spacial score (nSPS) is 11.9. The smallest absolute Gasteiger partial charge is 0.332 e. The molecular formula is C21H21N5O4. The molecule has 0 atom stereocenters. The van der Waals surface area contributed by atoms with E-state index in [1.165, 1.54) is 30.9 Å². The van der Waals surface area contributed by atoms with Gasteiger partial charge < -0.3 is 9.73 Å². The molecule has 4 rings (SSSR count). The lowest BCUT2D eigenvalue weighted by Crippen LogP contribution is -2.37. The van der Waals surface area contributed by atoms with Gasteiger partial charge >= 0.3 is 5.69 Å². The third-order valence-electron chi connectivity index (χ3n) is 4.84. The van der Waals surface area contributed by atoms with Gasteiger partial charge in [-0.25, -0.2) is 14.8 Å². The highest BCUT2D eigenvalue weighted by molar-refractivity contribution is 6.06. The average Bonchev–Trinajstić information content (AvgIpc) is 3.14. The van der Waals surface area contributed by atoms with Gasteiger partial charge in [0, 0.05) is 31.4 Å². The predicted octanol–water partition coefficient (Wildman–Crippen LogP) is 2.32. The van der Waals surface area contributed by atoms with Crippen molar-refractivity contribution in [2.45, 2.75) is 26.2 Å². The van der Waals surface area contributed by atoms with Crippen LogP contribution >= 0.6 is 0 Å². The number of carbonyl (C=O) groups excluding carboxylic acids is 1. The molecule has 9 nitrogen and oxygen atoms in total. The molecule has 0 aliphatic rings. The van der Waals surface area contributed by atoms with Gasteiger partial charge in [-0.15, -0.1) is 0 Å². The second-order valence-electron chi connectivity index (χ2n) is 8.21. The second kappa shape index (κ2) is 6.65.